The molecule has 7 heteroatoms. The molecule has 0 aromatic carbocycles. The third-order valence-electron chi connectivity index (χ3n) is 4.56. The highest BCUT2D eigenvalue weighted by molar-refractivity contribution is 14.0. The Balaban J connectivity index is 0.00000338. The van der Waals surface area contributed by atoms with E-state index in [9.17, 15) is 0 Å². The molecule has 0 amide bonds. The summed E-state index contributed by atoms with van der Waals surface area (Å²) in [6.45, 7) is 12.6. The third kappa shape index (κ3) is 6.90. The molecule has 6 nitrogen and oxygen atoms in total. The Morgan fingerprint density at radius 1 is 1.31 bits per heavy atom. The Hall–Kier alpha value is -1.09. The molecule has 1 saturated heterocycles. The number of nitrogens with one attached hydrogen (secondary N) is 1. The van der Waals surface area contributed by atoms with Gasteiger partial charge in [0.1, 0.15) is 5.82 Å². The van der Waals surface area contributed by atoms with Crippen LogP contribution in [0.4, 0.5) is 5.82 Å². The zero-order chi connectivity index (χ0) is 18.1. The summed E-state index contributed by atoms with van der Waals surface area (Å²) in [5.41, 5.74) is 1.13. The van der Waals surface area contributed by atoms with Crippen LogP contribution in [0.2, 0.25) is 0 Å². The molecule has 0 saturated carbocycles. The molecule has 26 heavy (non-hydrogen) atoms. The number of nitrogens with zero attached hydrogens (tertiary/aromatic N) is 4. The van der Waals surface area contributed by atoms with Crippen LogP contribution in [0.1, 0.15) is 32.8 Å². The highest BCUT2D eigenvalue weighted by atomic mass is 127. The van der Waals surface area contributed by atoms with Crippen molar-refractivity contribution >= 4 is 35.8 Å². The van der Waals surface area contributed by atoms with Crippen LogP contribution in [0.5, 0.6) is 0 Å². The Kier molecular flexibility index (Phi) is 10.9. The number of guanidine groups is 1. The van der Waals surface area contributed by atoms with E-state index in [1.807, 2.05) is 6.20 Å². The molecule has 0 radical (unpaired) electrons. The number of ether oxygens (including phenoxy) is 1. The molecule has 1 aromatic rings. The second-order valence-corrected chi connectivity index (χ2v) is 6.48. The minimum absolute atomic E-state index is 0. The summed E-state index contributed by atoms with van der Waals surface area (Å²) in [6, 6.07) is 4.21. The maximum Gasteiger partial charge on any atom is 0.193 e. The van der Waals surface area contributed by atoms with Gasteiger partial charge < -0.3 is 19.9 Å². The molecular formula is C19H34IN5O. The van der Waals surface area contributed by atoms with Crippen molar-refractivity contribution in [2.45, 2.75) is 33.7 Å². The molecule has 2 rings (SSSR count). The summed E-state index contributed by atoms with van der Waals surface area (Å²) < 4.78 is 5.48. The van der Waals surface area contributed by atoms with Crippen LogP contribution in [0, 0.1) is 5.92 Å². The summed E-state index contributed by atoms with van der Waals surface area (Å²) >= 11 is 0. The van der Waals surface area contributed by atoms with Crippen LogP contribution in [0.25, 0.3) is 0 Å². The van der Waals surface area contributed by atoms with Crippen LogP contribution < -0.4 is 10.2 Å². The standard InChI is InChI=1S/C19H33N5O.HI/c1-5-20-19(23(4)14-17-10-11-25-15-17)22-13-16-8-9-18(21-12-16)24(6-2)7-3;/h8-9,12,17H,5-7,10-11,13-15H2,1-4H3,(H,20,22);1H. The quantitative estimate of drug-likeness (QED) is 0.356. The smallest absolute Gasteiger partial charge is 0.193 e. The molecule has 1 aliphatic heterocycles. The number of hydrogen-bond acceptors (Lipinski definition) is 4. The van der Waals surface area contributed by atoms with E-state index in [-0.39, 0.29) is 24.0 Å². The molecule has 1 fully saturated rings. The van der Waals surface area contributed by atoms with E-state index in [4.69, 9.17) is 9.73 Å². The van der Waals surface area contributed by atoms with Crippen molar-refractivity contribution in [3.05, 3.63) is 23.9 Å². The van der Waals surface area contributed by atoms with E-state index in [0.29, 0.717) is 12.5 Å². The first-order valence-electron chi connectivity index (χ1n) is 9.44. The van der Waals surface area contributed by atoms with E-state index in [1.54, 1.807) is 0 Å². The molecule has 148 valence electrons. The van der Waals surface area contributed by atoms with Gasteiger partial charge in [-0.1, -0.05) is 6.07 Å². The average Bonchev–Trinajstić information content (AvgIpc) is 3.13. The number of aliphatic imine (C=N–C) groups is 1. The lowest BCUT2D eigenvalue weighted by molar-refractivity contribution is 0.181. The Labute approximate surface area is 175 Å². The monoisotopic (exact) mass is 475 g/mol. The zero-order valence-electron chi connectivity index (χ0n) is 16.6. The summed E-state index contributed by atoms with van der Waals surface area (Å²) in [5, 5.41) is 3.38. The number of hydrogen-bond donors (Lipinski definition) is 1. The first-order valence-corrected chi connectivity index (χ1v) is 9.44. The van der Waals surface area contributed by atoms with Crippen LogP contribution in [0.15, 0.2) is 23.3 Å². The van der Waals surface area contributed by atoms with Gasteiger partial charge in [-0.25, -0.2) is 9.98 Å². The fourth-order valence-corrected chi connectivity index (χ4v) is 3.08. The van der Waals surface area contributed by atoms with E-state index < -0.39 is 0 Å². The van der Waals surface area contributed by atoms with E-state index >= 15 is 0 Å². The fraction of sp³-hybridized carbons (Fsp3) is 0.684. The maximum atomic E-state index is 5.48. The molecule has 0 aliphatic carbocycles. The largest absolute Gasteiger partial charge is 0.381 e. The lowest BCUT2D eigenvalue weighted by Crippen LogP contribution is -2.41. The Morgan fingerprint density at radius 2 is 2.08 bits per heavy atom. The van der Waals surface area contributed by atoms with Crippen LogP contribution in [-0.2, 0) is 11.3 Å². The second-order valence-electron chi connectivity index (χ2n) is 6.48. The van der Waals surface area contributed by atoms with Crippen LogP contribution in [-0.4, -0.2) is 62.3 Å². The van der Waals surface area contributed by atoms with Crippen molar-refractivity contribution in [2.24, 2.45) is 10.9 Å². The second kappa shape index (κ2) is 12.3. The van der Waals surface area contributed by atoms with Gasteiger partial charge in [0.25, 0.3) is 0 Å². The van der Waals surface area contributed by atoms with Gasteiger partial charge in [0, 0.05) is 51.9 Å². The predicted octanol–water partition coefficient (Wildman–Crippen LogP) is 2.98. The summed E-state index contributed by atoms with van der Waals surface area (Å²) in [4.78, 5) is 13.8. The number of aromatic nitrogens is 1. The Morgan fingerprint density at radius 3 is 2.62 bits per heavy atom. The lowest BCUT2D eigenvalue weighted by Gasteiger charge is -2.24. The molecule has 1 unspecified atom stereocenters. The molecule has 2 heterocycles. The van der Waals surface area contributed by atoms with Crippen molar-refractivity contribution in [3.63, 3.8) is 0 Å². The van der Waals surface area contributed by atoms with E-state index in [1.165, 1.54) is 0 Å². The van der Waals surface area contributed by atoms with Crippen molar-refractivity contribution in [2.75, 3.05) is 51.3 Å². The average molecular weight is 475 g/mol. The molecule has 0 spiro atoms. The molecule has 1 aliphatic rings. The first-order chi connectivity index (χ1) is 12.2. The van der Waals surface area contributed by atoms with Crippen molar-refractivity contribution in [3.8, 4) is 0 Å². The fourth-order valence-electron chi connectivity index (χ4n) is 3.08. The number of halogens is 1. The molecule has 0 bridgehead atoms. The topological polar surface area (TPSA) is 53.0 Å². The first kappa shape index (κ1) is 23.0. The number of anilines is 1. The van der Waals surface area contributed by atoms with Gasteiger partial charge in [-0.3, -0.25) is 0 Å². The maximum absolute atomic E-state index is 5.48. The van der Waals surface area contributed by atoms with Gasteiger partial charge in [0.05, 0.1) is 13.2 Å². The molecule has 1 aromatic heterocycles. The summed E-state index contributed by atoms with van der Waals surface area (Å²) in [5.74, 6) is 2.58. The minimum atomic E-state index is 0. The van der Waals surface area contributed by atoms with Crippen LogP contribution in [0.3, 0.4) is 0 Å². The highest BCUT2D eigenvalue weighted by Crippen LogP contribution is 2.14. The van der Waals surface area contributed by atoms with Crippen molar-refractivity contribution < 1.29 is 4.74 Å². The molecule has 1 atom stereocenters. The van der Waals surface area contributed by atoms with Gasteiger partial charge in [-0.2, -0.15) is 0 Å². The SMILES string of the molecule is CCNC(=NCc1ccc(N(CC)CC)nc1)N(C)CC1CCOC1.I. The minimum Gasteiger partial charge on any atom is -0.381 e. The Bertz CT molecular complexity index is 527. The number of rotatable bonds is 8. The van der Waals surface area contributed by atoms with Crippen molar-refractivity contribution in [1.29, 1.82) is 0 Å². The van der Waals surface area contributed by atoms with Gasteiger partial charge >= 0.3 is 0 Å². The summed E-state index contributed by atoms with van der Waals surface area (Å²) in [7, 11) is 2.10. The number of pyridine rings is 1. The lowest BCUT2D eigenvalue weighted by atomic mass is 10.1. The van der Waals surface area contributed by atoms with Gasteiger partial charge in [0.15, 0.2) is 5.96 Å². The van der Waals surface area contributed by atoms with Gasteiger partial charge in [0.2, 0.25) is 0 Å². The predicted molar refractivity (Wildman–Crippen MR) is 120 cm³/mol. The zero-order valence-corrected chi connectivity index (χ0v) is 18.9. The normalized spacial score (nSPS) is 16.9. The van der Waals surface area contributed by atoms with Gasteiger partial charge in [-0.05, 0) is 38.8 Å². The van der Waals surface area contributed by atoms with Gasteiger partial charge in [-0.15, -0.1) is 24.0 Å². The van der Waals surface area contributed by atoms with E-state index in [2.05, 4.69) is 60.1 Å². The summed E-state index contributed by atoms with van der Waals surface area (Å²) in [6.07, 6.45) is 3.08. The van der Waals surface area contributed by atoms with Crippen molar-refractivity contribution in [1.82, 2.24) is 15.2 Å². The highest BCUT2D eigenvalue weighted by Gasteiger charge is 2.19. The van der Waals surface area contributed by atoms with E-state index in [0.717, 1.165) is 63.2 Å². The molecular weight excluding hydrogens is 441 g/mol. The third-order valence-corrected chi connectivity index (χ3v) is 4.56. The van der Waals surface area contributed by atoms with Crippen LogP contribution >= 0.6 is 24.0 Å². The molecule has 1 N–H and O–H groups in total.